The van der Waals surface area contributed by atoms with Crippen LogP contribution in [0.2, 0.25) is 0 Å². The summed E-state index contributed by atoms with van der Waals surface area (Å²) in [5.74, 6) is -2.33. The van der Waals surface area contributed by atoms with Gasteiger partial charge < -0.3 is 5.32 Å². The van der Waals surface area contributed by atoms with Crippen molar-refractivity contribution < 1.29 is 27.6 Å². The summed E-state index contributed by atoms with van der Waals surface area (Å²) < 4.78 is 26.1. The fourth-order valence-electron chi connectivity index (χ4n) is 3.74. The molecule has 2 aliphatic heterocycles. The predicted octanol–water partition coefficient (Wildman–Crippen LogP) is 2.20. The van der Waals surface area contributed by atoms with Gasteiger partial charge in [-0.1, -0.05) is 18.2 Å². The molecule has 0 spiro atoms. The van der Waals surface area contributed by atoms with Gasteiger partial charge in [-0.3, -0.25) is 24.5 Å². The van der Waals surface area contributed by atoms with Crippen LogP contribution in [0, 0.1) is 0 Å². The fraction of sp³-hybridized carbons (Fsp3) is 0. The van der Waals surface area contributed by atoms with Crippen molar-refractivity contribution in [3.63, 3.8) is 0 Å². The molecule has 0 aliphatic carbocycles. The number of nitrogens with one attached hydrogen (secondary N) is 2. The Kier molecular flexibility index (Phi) is 3.93. The van der Waals surface area contributed by atoms with Crippen molar-refractivity contribution in [2.45, 2.75) is 9.79 Å². The maximum Gasteiger partial charge on any atom is 0.261 e. The van der Waals surface area contributed by atoms with E-state index in [4.69, 9.17) is 0 Å². The summed E-state index contributed by atoms with van der Waals surface area (Å²) >= 11 is 0. The lowest BCUT2D eigenvalue weighted by Crippen LogP contribution is -2.22. The first-order chi connectivity index (χ1) is 14.8. The summed E-state index contributed by atoms with van der Waals surface area (Å²) in [7, 11) is -4.00. The van der Waals surface area contributed by atoms with Gasteiger partial charge in [0.15, 0.2) is 5.78 Å². The predicted molar refractivity (Wildman–Crippen MR) is 108 cm³/mol. The number of imide groups is 1. The molecule has 3 aromatic carbocycles. The molecule has 0 aromatic heterocycles. The lowest BCUT2D eigenvalue weighted by Gasteiger charge is -2.19. The van der Waals surface area contributed by atoms with E-state index in [-0.39, 0.29) is 43.3 Å². The Labute approximate surface area is 175 Å². The molecule has 0 saturated heterocycles. The largest absolute Gasteiger partial charge is 0.321 e. The van der Waals surface area contributed by atoms with Crippen LogP contribution in [0.5, 0.6) is 0 Å². The summed E-state index contributed by atoms with van der Waals surface area (Å²) in [5.41, 5.74) is 0.349. The van der Waals surface area contributed by atoms with Crippen LogP contribution in [0.3, 0.4) is 0 Å². The number of rotatable bonds is 2. The molecule has 0 unspecified atom stereocenters. The standard InChI is InChI=1S/C22H12N2O6S/c25-19-12-4-1-2-7-16(12)31(29,30)17-10-11(8-9-13(17)19)20(26)23-15-6-3-5-14-18(15)22(28)24-21(14)27/h1-10H,(H,23,26)(H,24,27,28). The number of hydrogen-bond acceptors (Lipinski definition) is 6. The van der Waals surface area contributed by atoms with Gasteiger partial charge in [-0.2, -0.15) is 0 Å². The zero-order chi connectivity index (χ0) is 21.9. The number of amides is 3. The van der Waals surface area contributed by atoms with Crippen LogP contribution < -0.4 is 10.6 Å². The highest BCUT2D eigenvalue weighted by Gasteiger charge is 2.35. The smallest absolute Gasteiger partial charge is 0.261 e. The van der Waals surface area contributed by atoms with E-state index in [0.717, 1.165) is 6.07 Å². The second-order valence-corrected chi connectivity index (χ2v) is 8.89. The molecule has 0 saturated carbocycles. The number of fused-ring (bicyclic) bond motifs is 3. The lowest BCUT2D eigenvalue weighted by molar-refractivity contribution is 0.0879. The van der Waals surface area contributed by atoms with Gasteiger partial charge >= 0.3 is 0 Å². The van der Waals surface area contributed by atoms with E-state index in [1.54, 1.807) is 6.07 Å². The first kappa shape index (κ1) is 18.9. The van der Waals surface area contributed by atoms with Crippen LogP contribution in [-0.2, 0) is 9.84 Å². The van der Waals surface area contributed by atoms with Crippen molar-refractivity contribution in [3.05, 3.63) is 88.5 Å². The highest BCUT2D eigenvalue weighted by Crippen LogP contribution is 2.35. The Morgan fingerprint density at radius 2 is 1.48 bits per heavy atom. The maximum atomic E-state index is 13.0. The van der Waals surface area contributed by atoms with Crippen LogP contribution in [0.25, 0.3) is 0 Å². The molecule has 31 heavy (non-hydrogen) atoms. The van der Waals surface area contributed by atoms with Gasteiger partial charge in [0.2, 0.25) is 9.84 Å². The quantitative estimate of drug-likeness (QED) is 0.468. The first-order valence-corrected chi connectivity index (χ1v) is 10.6. The van der Waals surface area contributed by atoms with E-state index in [1.165, 1.54) is 48.5 Å². The average Bonchev–Trinajstić information content (AvgIpc) is 3.06. The Hall–Kier alpha value is -4.11. The molecule has 2 N–H and O–H groups in total. The number of carbonyl (C=O) groups excluding carboxylic acids is 4. The average molecular weight is 432 g/mol. The van der Waals surface area contributed by atoms with Gasteiger partial charge in [0.25, 0.3) is 17.7 Å². The molecule has 0 atom stereocenters. The summed E-state index contributed by atoms with van der Waals surface area (Å²) in [6.07, 6.45) is 0. The van der Waals surface area contributed by atoms with Gasteiger partial charge in [0, 0.05) is 16.7 Å². The van der Waals surface area contributed by atoms with E-state index in [2.05, 4.69) is 10.6 Å². The van der Waals surface area contributed by atoms with E-state index < -0.39 is 33.3 Å². The Balaban J connectivity index is 1.55. The number of benzene rings is 3. The van der Waals surface area contributed by atoms with Gasteiger partial charge in [-0.05, 0) is 42.5 Å². The van der Waals surface area contributed by atoms with Crippen LogP contribution in [0.1, 0.15) is 47.0 Å². The second kappa shape index (κ2) is 6.44. The number of anilines is 1. The van der Waals surface area contributed by atoms with Crippen molar-refractivity contribution in [3.8, 4) is 0 Å². The summed E-state index contributed by atoms with van der Waals surface area (Å²) in [4.78, 5) is 49.0. The molecule has 2 aliphatic rings. The third-order valence-corrected chi connectivity index (χ3v) is 7.06. The third kappa shape index (κ3) is 2.71. The molecule has 5 rings (SSSR count). The van der Waals surface area contributed by atoms with Crippen LogP contribution >= 0.6 is 0 Å². The van der Waals surface area contributed by atoms with Gasteiger partial charge in [0.1, 0.15) is 0 Å². The number of ketones is 1. The highest BCUT2D eigenvalue weighted by atomic mass is 32.2. The van der Waals surface area contributed by atoms with Crippen molar-refractivity contribution >= 4 is 39.0 Å². The lowest BCUT2D eigenvalue weighted by atomic mass is 10.0. The number of carbonyl (C=O) groups is 4. The molecular formula is C22H12N2O6S. The van der Waals surface area contributed by atoms with Crippen molar-refractivity contribution in [2.24, 2.45) is 0 Å². The minimum absolute atomic E-state index is 0.0131. The Bertz CT molecular complexity index is 1470. The molecule has 2 heterocycles. The van der Waals surface area contributed by atoms with E-state index in [1.807, 2.05) is 0 Å². The molecule has 9 heteroatoms. The van der Waals surface area contributed by atoms with Crippen molar-refractivity contribution in [1.82, 2.24) is 5.32 Å². The Morgan fingerprint density at radius 1 is 0.774 bits per heavy atom. The van der Waals surface area contributed by atoms with E-state index in [9.17, 15) is 27.6 Å². The molecule has 3 aromatic rings. The minimum Gasteiger partial charge on any atom is -0.321 e. The SMILES string of the molecule is O=C(Nc1cccc2c1C(=O)NC2=O)c1ccc2c(c1)S(=O)(=O)c1ccccc1C2=O. The normalized spacial score (nSPS) is 15.5. The molecule has 3 amide bonds. The van der Waals surface area contributed by atoms with Gasteiger partial charge in [-0.25, -0.2) is 8.42 Å². The molecule has 8 nitrogen and oxygen atoms in total. The fourth-order valence-corrected chi connectivity index (χ4v) is 5.42. The van der Waals surface area contributed by atoms with Crippen LogP contribution in [0.4, 0.5) is 5.69 Å². The highest BCUT2D eigenvalue weighted by molar-refractivity contribution is 7.91. The summed E-state index contributed by atoms with van der Waals surface area (Å²) in [5, 5.41) is 4.70. The van der Waals surface area contributed by atoms with E-state index in [0.29, 0.717) is 0 Å². The first-order valence-electron chi connectivity index (χ1n) is 9.12. The molecule has 152 valence electrons. The number of sulfone groups is 1. The maximum absolute atomic E-state index is 13.0. The van der Waals surface area contributed by atoms with E-state index >= 15 is 0 Å². The zero-order valence-corrected chi connectivity index (χ0v) is 16.4. The zero-order valence-electron chi connectivity index (χ0n) is 15.6. The summed E-state index contributed by atoms with van der Waals surface area (Å²) in [6.45, 7) is 0. The van der Waals surface area contributed by atoms with Gasteiger partial charge in [-0.15, -0.1) is 0 Å². The van der Waals surface area contributed by atoms with Gasteiger partial charge in [0.05, 0.1) is 26.6 Å². The molecule has 0 bridgehead atoms. The number of hydrogen-bond donors (Lipinski definition) is 2. The summed E-state index contributed by atoms with van der Waals surface area (Å²) in [6, 6.07) is 14.1. The Morgan fingerprint density at radius 3 is 2.29 bits per heavy atom. The molecular weight excluding hydrogens is 420 g/mol. The third-order valence-electron chi connectivity index (χ3n) is 5.21. The van der Waals surface area contributed by atoms with Crippen LogP contribution in [0.15, 0.2) is 70.5 Å². The molecule has 0 fully saturated rings. The topological polar surface area (TPSA) is 126 Å². The monoisotopic (exact) mass is 432 g/mol. The van der Waals surface area contributed by atoms with Crippen molar-refractivity contribution in [2.75, 3.05) is 5.32 Å². The minimum atomic E-state index is -4.00. The van der Waals surface area contributed by atoms with Crippen molar-refractivity contribution in [1.29, 1.82) is 0 Å². The molecule has 0 radical (unpaired) electrons. The second-order valence-electron chi connectivity index (χ2n) is 7.01. The van der Waals surface area contributed by atoms with Crippen LogP contribution in [-0.4, -0.2) is 31.9 Å².